The van der Waals surface area contributed by atoms with E-state index < -0.39 is 30.2 Å². The van der Waals surface area contributed by atoms with Crippen molar-refractivity contribution >= 4 is 29.1 Å². The lowest BCUT2D eigenvalue weighted by molar-refractivity contribution is -0.140. The molecule has 2 atom stereocenters. The summed E-state index contributed by atoms with van der Waals surface area (Å²) in [6, 6.07) is 3.48. The number of halogens is 3. The van der Waals surface area contributed by atoms with Crippen LogP contribution < -0.4 is 26.8 Å². The molecule has 0 aliphatic carbocycles. The number of urea groups is 1. The van der Waals surface area contributed by atoms with E-state index in [0.29, 0.717) is 17.7 Å². The van der Waals surface area contributed by atoms with Crippen LogP contribution in [0.5, 0.6) is 0 Å². The van der Waals surface area contributed by atoms with Crippen LogP contribution in [0.4, 0.5) is 23.8 Å². The molecule has 3 heterocycles. The van der Waals surface area contributed by atoms with Crippen LogP contribution in [0.15, 0.2) is 36.0 Å². The molecule has 0 bridgehead atoms. The second-order valence-corrected chi connectivity index (χ2v) is 9.51. The van der Waals surface area contributed by atoms with Crippen LogP contribution in [-0.4, -0.2) is 51.6 Å². The predicted molar refractivity (Wildman–Crippen MR) is 140 cm³/mol. The highest BCUT2D eigenvalue weighted by atomic mass is 32.1. The summed E-state index contributed by atoms with van der Waals surface area (Å²) in [5, 5.41) is 19.5. The Morgan fingerprint density at radius 2 is 1.90 bits per heavy atom. The van der Waals surface area contributed by atoms with Crippen molar-refractivity contribution in [1.82, 2.24) is 36.4 Å². The molecule has 1 unspecified atom stereocenters. The number of hydrazine groups is 1. The molecule has 0 aliphatic rings. The number of hydrogen-bond donors (Lipinski definition) is 6. The smallest absolute Gasteiger partial charge is 0.371 e. The molecule has 0 aliphatic heterocycles. The molecule has 0 saturated carbocycles. The SMILES string of the molecule is CCNC(=O)Nc1cc(-c2nc(C(F)(F)F)cs2)c(-c2ccnc(C(O)NNC(=O)[C@@H](NC)C(C)C)c2)cn1. The van der Waals surface area contributed by atoms with E-state index >= 15 is 0 Å². The van der Waals surface area contributed by atoms with Crippen LogP contribution in [-0.2, 0) is 11.0 Å². The number of pyridine rings is 2. The Hall–Kier alpha value is -3.66. The highest BCUT2D eigenvalue weighted by Crippen LogP contribution is 2.38. The molecule has 3 aromatic heterocycles. The van der Waals surface area contributed by atoms with Gasteiger partial charge in [-0.2, -0.15) is 13.2 Å². The number of nitrogens with one attached hydrogen (secondary N) is 5. The minimum atomic E-state index is -4.63. The number of aliphatic hydroxyl groups is 1. The third-order valence-electron chi connectivity index (χ3n) is 5.47. The van der Waals surface area contributed by atoms with Gasteiger partial charge in [-0.05, 0) is 43.7 Å². The predicted octanol–water partition coefficient (Wildman–Crippen LogP) is 3.28. The van der Waals surface area contributed by atoms with E-state index in [1.807, 2.05) is 13.8 Å². The van der Waals surface area contributed by atoms with E-state index in [2.05, 4.69) is 41.8 Å². The van der Waals surface area contributed by atoms with Crippen LogP contribution in [0.25, 0.3) is 21.7 Å². The number of aromatic nitrogens is 3. The summed E-state index contributed by atoms with van der Waals surface area (Å²) < 4.78 is 39.8. The summed E-state index contributed by atoms with van der Waals surface area (Å²) in [4.78, 5) is 36.4. The van der Waals surface area contributed by atoms with E-state index in [1.54, 1.807) is 20.0 Å². The van der Waals surface area contributed by atoms with Gasteiger partial charge in [0.2, 0.25) is 0 Å². The van der Waals surface area contributed by atoms with E-state index in [1.165, 1.54) is 24.5 Å². The first-order valence-electron chi connectivity index (χ1n) is 11.9. The summed E-state index contributed by atoms with van der Waals surface area (Å²) in [6.07, 6.45) is -3.25. The molecule has 210 valence electrons. The molecular weight excluding hydrogens is 537 g/mol. The van der Waals surface area contributed by atoms with Crippen LogP contribution in [0.2, 0.25) is 0 Å². The molecule has 3 aromatic rings. The van der Waals surface area contributed by atoms with Crippen molar-refractivity contribution in [3.8, 4) is 21.7 Å². The average Bonchev–Trinajstić information content (AvgIpc) is 3.39. The van der Waals surface area contributed by atoms with Crippen molar-refractivity contribution in [2.45, 2.75) is 39.2 Å². The number of thiazole rings is 1. The number of nitrogens with zero attached hydrogens (tertiary/aromatic N) is 3. The van der Waals surface area contributed by atoms with Gasteiger partial charge in [0.05, 0.1) is 11.7 Å². The zero-order valence-electron chi connectivity index (χ0n) is 21.6. The Kier molecular flexibility index (Phi) is 9.91. The molecule has 0 radical (unpaired) electrons. The summed E-state index contributed by atoms with van der Waals surface area (Å²) >= 11 is 0.787. The monoisotopic (exact) mass is 566 g/mol. The topological polar surface area (TPSA) is 153 Å². The molecule has 11 nitrogen and oxygen atoms in total. The fraction of sp³-hybridized carbons (Fsp3) is 0.375. The maximum Gasteiger partial charge on any atom is 0.434 e. The van der Waals surface area contributed by atoms with Crippen LogP contribution >= 0.6 is 11.3 Å². The second-order valence-electron chi connectivity index (χ2n) is 8.65. The third-order valence-corrected chi connectivity index (χ3v) is 6.35. The van der Waals surface area contributed by atoms with Crippen molar-refractivity contribution in [3.63, 3.8) is 0 Å². The van der Waals surface area contributed by atoms with Crippen molar-refractivity contribution in [2.75, 3.05) is 18.9 Å². The first-order chi connectivity index (χ1) is 18.4. The molecular formula is C24H29F3N8O3S. The third kappa shape index (κ3) is 7.69. The first kappa shape index (κ1) is 29.9. The largest absolute Gasteiger partial charge is 0.434 e. The first-order valence-corrected chi connectivity index (χ1v) is 12.8. The van der Waals surface area contributed by atoms with Crippen LogP contribution in [0.1, 0.15) is 38.4 Å². The minimum Gasteiger partial charge on any atom is -0.371 e. The van der Waals surface area contributed by atoms with Gasteiger partial charge < -0.3 is 15.7 Å². The molecule has 0 saturated heterocycles. The zero-order valence-corrected chi connectivity index (χ0v) is 22.4. The van der Waals surface area contributed by atoms with Gasteiger partial charge in [0.1, 0.15) is 10.8 Å². The summed E-state index contributed by atoms with van der Waals surface area (Å²) in [5.74, 6) is -0.282. The Labute approximate surface area is 226 Å². The van der Waals surface area contributed by atoms with Crippen molar-refractivity contribution < 1.29 is 27.9 Å². The van der Waals surface area contributed by atoms with Crippen molar-refractivity contribution in [3.05, 3.63) is 47.4 Å². The quantitative estimate of drug-likeness (QED) is 0.162. The second kappa shape index (κ2) is 12.9. The number of aliphatic hydroxyl groups excluding tert-OH is 1. The molecule has 39 heavy (non-hydrogen) atoms. The van der Waals surface area contributed by atoms with Crippen molar-refractivity contribution in [1.29, 1.82) is 0 Å². The molecule has 3 rings (SSSR count). The van der Waals surface area contributed by atoms with E-state index in [9.17, 15) is 27.9 Å². The highest BCUT2D eigenvalue weighted by molar-refractivity contribution is 7.13. The molecule has 0 spiro atoms. The Balaban J connectivity index is 1.94. The summed E-state index contributed by atoms with van der Waals surface area (Å²) in [6.45, 7) is 5.83. The van der Waals surface area contributed by atoms with Gasteiger partial charge in [-0.25, -0.2) is 20.2 Å². The van der Waals surface area contributed by atoms with E-state index in [4.69, 9.17) is 0 Å². The molecule has 3 amide bonds. The maximum absolute atomic E-state index is 13.3. The summed E-state index contributed by atoms with van der Waals surface area (Å²) in [5.41, 5.74) is 5.15. The standard InChI is InChI=1S/C24H29F3N8O3S/c1-5-29-23(38)33-18-9-14(22-32-17(11-39-22)24(25,26)27)15(10-31-18)13-6-7-30-16(8-13)20(36)34-35-21(37)19(28-4)12(2)3/h6-12,19-20,28,34,36H,5H2,1-4H3,(H,35,37)(H2,29,31,33,38)/t19-,20?/m0/s1. The van der Waals surface area contributed by atoms with Gasteiger partial charge in [0.25, 0.3) is 5.91 Å². The average molecular weight is 567 g/mol. The lowest BCUT2D eigenvalue weighted by Gasteiger charge is -2.21. The minimum absolute atomic E-state index is 0.00412. The van der Waals surface area contributed by atoms with E-state index in [-0.39, 0.29) is 33.9 Å². The number of likely N-dealkylation sites (N-methyl/N-ethyl adjacent to an activating group) is 1. The van der Waals surface area contributed by atoms with E-state index in [0.717, 1.165) is 16.7 Å². The Morgan fingerprint density at radius 3 is 2.51 bits per heavy atom. The normalized spacial score (nSPS) is 13.2. The van der Waals surface area contributed by atoms with Gasteiger partial charge >= 0.3 is 12.2 Å². The van der Waals surface area contributed by atoms with Crippen molar-refractivity contribution in [2.24, 2.45) is 5.92 Å². The number of carbonyl (C=O) groups is 2. The Bertz CT molecular complexity index is 1300. The highest BCUT2D eigenvalue weighted by Gasteiger charge is 2.34. The summed E-state index contributed by atoms with van der Waals surface area (Å²) in [7, 11) is 1.65. The van der Waals surface area contributed by atoms with Gasteiger partial charge in [0.15, 0.2) is 11.9 Å². The van der Waals surface area contributed by atoms with Crippen LogP contribution in [0, 0.1) is 5.92 Å². The number of alkyl halides is 3. The molecule has 15 heteroatoms. The zero-order chi connectivity index (χ0) is 28.7. The van der Waals surface area contributed by atoms with Gasteiger partial charge in [-0.3, -0.25) is 20.5 Å². The van der Waals surface area contributed by atoms with Crippen LogP contribution in [0.3, 0.4) is 0 Å². The lowest BCUT2D eigenvalue weighted by atomic mass is 10.0. The molecule has 0 fully saturated rings. The fourth-order valence-electron chi connectivity index (χ4n) is 3.60. The van der Waals surface area contributed by atoms with Gasteiger partial charge in [-0.15, -0.1) is 11.3 Å². The molecule has 6 N–H and O–H groups in total. The number of anilines is 1. The number of carbonyl (C=O) groups excluding carboxylic acids is 2. The number of hydrogen-bond acceptors (Lipinski definition) is 9. The Morgan fingerprint density at radius 1 is 1.15 bits per heavy atom. The fourth-order valence-corrected chi connectivity index (χ4v) is 4.46. The number of rotatable bonds is 10. The lowest BCUT2D eigenvalue weighted by Crippen LogP contribution is -2.51. The molecule has 0 aromatic carbocycles. The maximum atomic E-state index is 13.3. The van der Waals surface area contributed by atoms with Gasteiger partial charge in [0, 0.05) is 35.4 Å². The number of amides is 3. The van der Waals surface area contributed by atoms with Gasteiger partial charge in [-0.1, -0.05) is 13.8 Å².